The zero-order valence-corrected chi connectivity index (χ0v) is 13.0. The summed E-state index contributed by atoms with van der Waals surface area (Å²) in [5.41, 5.74) is 7.76. The third-order valence-corrected chi connectivity index (χ3v) is 4.17. The lowest BCUT2D eigenvalue weighted by molar-refractivity contribution is 0.386. The molecule has 0 aromatic heterocycles. The molecule has 0 spiro atoms. The maximum atomic E-state index is 6.48. The number of hydrogen-bond acceptors (Lipinski definition) is 2. The van der Waals surface area contributed by atoms with E-state index in [-0.39, 0.29) is 0 Å². The number of rotatable bonds is 4. The number of nitrogens with two attached hydrogens (primary N) is 1. The first-order valence-electron chi connectivity index (χ1n) is 6.31. The van der Waals surface area contributed by atoms with Crippen LogP contribution in [0.25, 0.3) is 0 Å². The summed E-state index contributed by atoms with van der Waals surface area (Å²) in [7, 11) is 1.64. The van der Waals surface area contributed by atoms with Gasteiger partial charge in [0.15, 0.2) is 0 Å². The van der Waals surface area contributed by atoms with Gasteiger partial charge in [-0.15, -0.1) is 0 Å². The van der Waals surface area contributed by atoms with E-state index in [0.717, 1.165) is 16.9 Å². The van der Waals surface area contributed by atoms with Crippen LogP contribution in [0, 0.1) is 0 Å². The van der Waals surface area contributed by atoms with E-state index >= 15 is 0 Å². The van der Waals surface area contributed by atoms with Gasteiger partial charge in [-0.3, -0.25) is 0 Å². The fourth-order valence-electron chi connectivity index (χ4n) is 2.29. The molecule has 0 aliphatic carbocycles. The summed E-state index contributed by atoms with van der Waals surface area (Å²) in [5, 5.41) is 1.10. The number of hydrogen-bond donors (Lipinski definition) is 1. The third-order valence-electron chi connectivity index (χ3n) is 3.31. The minimum atomic E-state index is -0.596. The standard InChI is InChI=1S/C16H17Cl2NO/c1-16(19,12-7-3-4-9-14(12)20-2)10-11-6-5-8-13(17)15(11)18/h3-9H,10,19H2,1-2H3. The fourth-order valence-corrected chi connectivity index (χ4v) is 2.68. The molecule has 2 rings (SSSR count). The molecule has 2 aromatic carbocycles. The number of methoxy groups -OCH3 is 1. The van der Waals surface area contributed by atoms with Crippen molar-refractivity contribution in [3.05, 3.63) is 63.6 Å². The maximum Gasteiger partial charge on any atom is 0.123 e. The lowest BCUT2D eigenvalue weighted by Gasteiger charge is -2.27. The highest BCUT2D eigenvalue weighted by Crippen LogP contribution is 2.34. The van der Waals surface area contributed by atoms with E-state index in [1.165, 1.54) is 0 Å². The molecule has 2 N–H and O–H groups in total. The van der Waals surface area contributed by atoms with Gasteiger partial charge in [-0.05, 0) is 31.0 Å². The summed E-state index contributed by atoms with van der Waals surface area (Å²) in [4.78, 5) is 0. The number of benzene rings is 2. The highest BCUT2D eigenvalue weighted by Gasteiger charge is 2.26. The van der Waals surface area contributed by atoms with Gasteiger partial charge in [0.1, 0.15) is 5.75 Å². The van der Waals surface area contributed by atoms with Gasteiger partial charge in [-0.25, -0.2) is 0 Å². The molecule has 2 aromatic rings. The van der Waals surface area contributed by atoms with Crippen LogP contribution in [-0.2, 0) is 12.0 Å². The molecule has 106 valence electrons. The van der Waals surface area contributed by atoms with Crippen LogP contribution in [-0.4, -0.2) is 7.11 Å². The summed E-state index contributed by atoms with van der Waals surface area (Å²) in [6.45, 7) is 1.96. The van der Waals surface area contributed by atoms with Crippen molar-refractivity contribution >= 4 is 23.2 Å². The minimum absolute atomic E-state index is 0.542. The number of halogens is 2. The summed E-state index contributed by atoms with van der Waals surface area (Å²) in [6, 6.07) is 13.3. The highest BCUT2D eigenvalue weighted by molar-refractivity contribution is 6.42. The quantitative estimate of drug-likeness (QED) is 0.907. The summed E-state index contributed by atoms with van der Waals surface area (Å²) < 4.78 is 5.38. The number of ether oxygens (including phenoxy) is 1. The largest absolute Gasteiger partial charge is 0.496 e. The van der Waals surface area contributed by atoms with Crippen molar-refractivity contribution < 1.29 is 4.74 Å². The topological polar surface area (TPSA) is 35.2 Å². The molecule has 0 heterocycles. The molecule has 0 bridgehead atoms. The molecule has 4 heteroatoms. The van der Waals surface area contributed by atoms with Crippen LogP contribution in [0.5, 0.6) is 5.75 Å². The van der Waals surface area contributed by atoms with E-state index in [0.29, 0.717) is 16.5 Å². The zero-order valence-electron chi connectivity index (χ0n) is 11.5. The Morgan fingerprint density at radius 3 is 2.50 bits per heavy atom. The van der Waals surface area contributed by atoms with Crippen molar-refractivity contribution in [2.75, 3.05) is 7.11 Å². The first kappa shape index (κ1) is 15.2. The third kappa shape index (κ3) is 3.09. The molecule has 2 nitrogen and oxygen atoms in total. The Kier molecular flexibility index (Phi) is 4.59. The van der Waals surface area contributed by atoms with Gasteiger partial charge in [0.2, 0.25) is 0 Å². The second kappa shape index (κ2) is 6.04. The molecular weight excluding hydrogens is 293 g/mol. The van der Waals surface area contributed by atoms with E-state index in [2.05, 4.69) is 0 Å². The molecule has 1 unspecified atom stereocenters. The van der Waals surface area contributed by atoms with Crippen molar-refractivity contribution in [2.24, 2.45) is 5.73 Å². The van der Waals surface area contributed by atoms with Crippen molar-refractivity contribution in [1.29, 1.82) is 0 Å². The average Bonchev–Trinajstić information content (AvgIpc) is 2.43. The Morgan fingerprint density at radius 1 is 1.10 bits per heavy atom. The Bertz CT molecular complexity index is 611. The zero-order chi connectivity index (χ0) is 14.8. The van der Waals surface area contributed by atoms with Crippen molar-refractivity contribution in [3.63, 3.8) is 0 Å². The maximum absolute atomic E-state index is 6.48. The molecular formula is C16H17Cl2NO. The summed E-state index contributed by atoms with van der Waals surface area (Å²) >= 11 is 12.3. The second-order valence-electron chi connectivity index (χ2n) is 5.01. The van der Waals surface area contributed by atoms with Crippen LogP contribution >= 0.6 is 23.2 Å². The monoisotopic (exact) mass is 309 g/mol. The number of para-hydroxylation sites is 1. The molecule has 0 saturated heterocycles. The SMILES string of the molecule is COc1ccccc1C(C)(N)Cc1cccc(Cl)c1Cl. The molecule has 0 fully saturated rings. The Balaban J connectivity index is 2.38. The van der Waals surface area contributed by atoms with Crippen LogP contribution in [0.2, 0.25) is 10.0 Å². The van der Waals surface area contributed by atoms with Crippen molar-refractivity contribution in [3.8, 4) is 5.75 Å². The first-order chi connectivity index (χ1) is 9.45. The predicted molar refractivity (Wildman–Crippen MR) is 84.7 cm³/mol. The Labute approximate surface area is 129 Å². The fraction of sp³-hybridized carbons (Fsp3) is 0.250. The normalized spacial score (nSPS) is 13.8. The molecule has 0 amide bonds. The van der Waals surface area contributed by atoms with Gasteiger partial charge in [-0.1, -0.05) is 53.5 Å². The molecule has 0 radical (unpaired) electrons. The van der Waals surface area contributed by atoms with E-state index in [9.17, 15) is 0 Å². The lowest BCUT2D eigenvalue weighted by Crippen LogP contribution is -2.36. The van der Waals surface area contributed by atoms with E-state index in [1.54, 1.807) is 13.2 Å². The van der Waals surface area contributed by atoms with Crippen LogP contribution in [0.15, 0.2) is 42.5 Å². The van der Waals surface area contributed by atoms with Gasteiger partial charge < -0.3 is 10.5 Å². The molecule has 0 saturated carbocycles. The van der Waals surface area contributed by atoms with Gasteiger partial charge in [0.05, 0.1) is 17.2 Å². The lowest BCUT2D eigenvalue weighted by atomic mass is 9.86. The molecule has 1 atom stereocenters. The summed E-state index contributed by atoms with van der Waals surface area (Å²) in [5.74, 6) is 0.774. The molecule has 0 aliphatic rings. The van der Waals surface area contributed by atoms with E-state index in [1.807, 2.05) is 43.3 Å². The smallest absolute Gasteiger partial charge is 0.123 e. The average molecular weight is 310 g/mol. The predicted octanol–water partition coefficient (Wildman–Crippen LogP) is 4.42. The van der Waals surface area contributed by atoms with Crippen molar-refractivity contribution in [1.82, 2.24) is 0 Å². The van der Waals surface area contributed by atoms with Crippen LogP contribution in [0.4, 0.5) is 0 Å². The van der Waals surface area contributed by atoms with Gasteiger partial charge in [-0.2, -0.15) is 0 Å². The van der Waals surface area contributed by atoms with E-state index in [4.69, 9.17) is 33.7 Å². The van der Waals surface area contributed by atoms with Crippen LogP contribution in [0.3, 0.4) is 0 Å². The van der Waals surface area contributed by atoms with Crippen LogP contribution < -0.4 is 10.5 Å². The minimum Gasteiger partial charge on any atom is -0.496 e. The molecule has 20 heavy (non-hydrogen) atoms. The second-order valence-corrected chi connectivity index (χ2v) is 5.79. The first-order valence-corrected chi connectivity index (χ1v) is 7.06. The highest BCUT2D eigenvalue weighted by atomic mass is 35.5. The van der Waals surface area contributed by atoms with Crippen molar-refractivity contribution in [2.45, 2.75) is 18.9 Å². The Hall–Kier alpha value is -1.22. The Morgan fingerprint density at radius 2 is 1.80 bits per heavy atom. The summed E-state index contributed by atoms with van der Waals surface area (Å²) in [6.07, 6.45) is 0.576. The van der Waals surface area contributed by atoms with Gasteiger partial charge >= 0.3 is 0 Å². The van der Waals surface area contributed by atoms with Crippen LogP contribution in [0.1, 0.15) is 18.1 Å². The van der Waals surface area contributed by atoms with Gasteiger partial charge in [0, 0.05) is 11.1 Å². The molecule has 0 aliphatic heterocycles. The van der Waals surface area contributed by atoms with E-state index < -0.39 is 5.54 Å². The van der Waals surface area contributed by atoms with Gasteiger partial charge in [0.25, 0.3) is 0 Å².